The minimum atomic E-state index is -0.0843. The average molecular weight is 409 g/mol. The zero-order chi connectivity index (χ0) is 17.9. The van der Waals surface area contributed by atoms with Gasteiger partial charge in [0, 0.05) is 6.54 Å². The van der Waals surface area contributed by atoms with Crippen LogP contribution in [0.25, 0.3) is 0 Å². The fraction of sp³-hybridized carbons (Fsp3) is 0.529. The maximum Gasteiger partial charge on any atom is 0.198 e. The van der Waals surface area contributed by atoms with E-state index in [1.165, 1.54) is 30.6 Å². The second kappa shape index (κ2) is 13.1. The molecule has 0 heterocycles. The first-order chi connectivity index (χ1) is 11.5. The number of nitrogens with two attached hydrogens (primary N) is 2. The van der Waals surface area contributed by atoms with Crippen molar-refractivity contribution in [2.75, 3.05) is 6.54 Å². The van der Waals surface area contributed by atoms with Crippen molar-refractivity contribution < 1.29 is 0 Å². The lowest BCUT2D eigenvalue weighted by atomic mass is 10.1. The van der Waals surface area contributed by atoms with Gasteiger partial charge < -0.3 is 11.5 Å². The molecule has 0 saturated carbocycles. The predicted molar refractivity (Wildman–Crippen MR) is 111 cm³/mol. The van der Waals surface area contributed by atoms with Crippen LogP contribution in [0.3, 0.4) is 0 Å². The average Bonchev–Trinajstić information content (AvgIpc) is 2.54. The second-order valence-electron chi connectivity index (χ2n) is 5.73. The molecule has 142 valence electrons. The fourth-order valence-electron chi connectivity index (χ4n) is 2.30. The summed E-state index contributed by atoms with van der Waals surface area (Å²) in [4.78, 5) is 5.85. The largest absolute Gasteiger partial charge is 0.370 e. The topological polar surface area (TPSA) is 91.5 Å². The van der Waals surface area contributed by atoms with Crippen LogP contribution in [-0.4, -0.2) is 23.4 Å². The number of halogens is 3. The molecule has 25 heavy (non-hydrogen) atoms. The third-order valence-corrected chi connectivity index (χ3v) is 4.45. The number of unbranched alkanes of at least 4 members (excludes halogenated alkanes) is 5. The zero-order valence-electron chi connectivity index (χ0n) is 14.6. The van der Waals surface area contributed by atoms with Gasteiger partial charge in [-0.3, -0.25) is 10.3 Å². The minimum Gasteiger partial charge on any atom is -0.370 e. The number of guanidine groups is 2. The molecular weight excluding hydrogens is 381 g/mol. The van der Waals surface area contributed by atoms with Gasteiger partial charge in [0.2, 0.25) is 0 Å². The van der Waals surface area contributed by atoms with Crippen LogP contribution >= 0.6 is 35.6 Å². The molecule has 8 heteroatoms. The zero-order valence-corrected chi connectivity index (χ0v) is 16.9. The van der Waals surface area contributed by atoms with Gasteiger partial charge in [-0.15, -0.1) is 12.4 Å². The third-order valence-electron chi connectivity index (χ3n) is 3.71. The van der Waals surface area contributed by atoms with Crippen molar-refractivity contribution in [3.05, 3.63) is 33.8 Å². The summed E-state index contributed by atoms with van der Waals surface area (Å²) in [7, 11) is 0. The lowest BCUT2D eigenvalue weighted by Gasteiger charge is -2.21. The standard InChI is InChI=1S/C17H27Cl2N5.ClH/c1-2-3-4-5-6-7-10-24(16(20)21)17(22)23-12-13-8-9-14(18)15(19)11-13;/h8-9,11H,2-7,10,12H2,1H3,(H3,20,21)(H2,22,23);1H. The Morgan fingerprint density at radius 3 is 2.32 bits per heavy atom. The summed E-state index contributed by atoms with van der Waals surface area (Å²) in [6.45, 7) is 3.17. The molecule has 1 aromatic carbocycles. The Hall–Kier alpha value is -1.17. The second-order valence-corrected chi connectivity index (χ2v) is 6.54. The highest BCUT2D eigenvalue weighted by Crippen LogP contribution is 2.22. The molecule has 0 spiro atoms. The van der Waals surface area contributed by atoms with E-state index in [0.717, 1.165) is 18.4 Å². The Labute approximate surface area is 166 Å². The summed E-state index contributed by atoms with van der Waals surface area (Å²) in [5, 5.41) is 8.67. The molecule has 1 rings (SSSR count). The first-order valence-corrected chi connectivity index (χ1v) is 9.06. The molecule has 0 fully saturated rings. The molecule has 0 aliphatic rings. The van der Waals surface area contributed by atoms with Crippen LogP contribution < -0.4 is 11.5 Å². The van der Waals surface area contributed by atoms with Gasteiger partial charge in [0.15, 0.2) is 11.9 Å². The Morgan fingerprint density at radius 2 is 1.72 bits per heavy atom. The maximum atomic E-state index is 7.68. The van der Waals surface area contributed by atoms with Gasteiger partial charge in [-0.1, -0.05) is 68.3 Å². The van der Waals surface area contributed by atoms with Crippen LogP contribution in [0.15, 0.2) is 23.2 Å². The van der Waals surface area contributed by atoms with Gasteiger partial charge in [0.05, 0.1) is 16.6 Å². The number of nitrogens with zero attached hydrogens (tertiary/aromatic N) is 2. The molecule has 5 nitrogen and oxygen atoms in total. The predicted octanol–water partition coefficient (Wildman–Crippen LogP) is 4.79. The van der Waals surface area contributed by atoms with E-state index in [1.54, 1.807) is 12.1 Å². The third kappa shape index (κ3) is 9.19. The van der Waals surface area contributed by atoms with Crippen LogP contribution in [0.4, 0.5) is 0 Å². The molecule has 0 aliphatic heterocycles. The van der Waals surface area contributed by atoms with Crippen LogP contribution in [0.1, 0.15) is 51.0 Å². The van der Waals surface area contributed by atoms with Gasteiger partial charge in [-0.25, -0.2) is 4.99 Å². The SMILES string of the molecule is CCCCCCCCN(C(=N)N)C(N)=NCc1ccc(Cl)c(Cl)c1.Cl. The molecule has 0 radical (unpaired) electrons. The van der Waals surface area contributed by atoms with E-state index in [2.05, 4.69) is 11.9 Å². The Morgan fingerprint density at radius 1 is 1.08 bits per heavy atom. The number of benzene rings is 1. The van der Waals surface area contributed by atoms with Crippen molar-refractivity contribution in [2.24, 2.45) is 16.5 Å². The van der Waals surface area contributed by atoms with Gasteiger partial charge in [-0.2, -0.15) is 0 Å². The van der Waals surface area contributed by atoms with E-state index >= 15 is 0 Å². The van der Waals surface area contributed by atoms with Crippen LogP contribution in [0, 0.1) is 5.41 Å². The quantitative estimate of drug-likeness (QED) is 0.312. The van der Waals surface area contributed by atoms with Crippen molar-refractivity contribution in [1.82, 2.24) is 4.90 Å². The van der Waals surface area contributed by atoms with Gasteiger partial charge in [-0.05, 0) is 24.1 Å². The normalized spacial score (nSPS) is 11.1. The van der Waals surface area contributed by atoms with E-state index in [0.29, 0.717) is 23.1 Å². The van der Waals surface area contributed by atoms with Crippen molar-refractivity contribution in [1.29, 1.82) is 5.41 Å². The molecule has 0 amide bonds. The van der Waals surface area contributed by atoms with Gasteiger partial charge in [0.1, 0.15) is 0 Å². The lowest BCUT2D eigenvalue weighted by molar-refractivity contribution is 0.518. The monoisotopic (exact) mass is 407 g/mol. The molecule has 0 bridgehead atoms. The first-order valence-electron chi connectivity index (χ1n) is 8.31. The van der Waals surface area contributed by atoms with Crippen LogP contribution in [-0.2, 0) is 6.54 Å². The minimum absolute atomic E-state index is 0. The van der Waals surface area contributed by atoms with Crippen LogP contribution in [0.2, 0.25) is 10.0 Å². The summed E-state index contributed by atoms with van der Waals surface area (Å²) in [6, 6.07) is 5.33. The number of aliphatic imine (C=N–C) groups is 1. The molecule has 1 aromatic rings. The van der Waals surface area contributed by atoms with E-state index in [4.69, 9.17) is 40.1 Å². The van der Waals surface area contributed by atoms with Crippen molar-refractivity contribution in [2.45, 2.75) is 52.0 Å². The number of hydrogen-bond donors (Lipinski definition) is 3. The van der Waals surface area contributed by atoms with Gasteiger partial charge >= 0.3 is 0 Å². The lowest BCUT2D eigenvalue weighted by Crippen LogP contribution is -2.46. The summed E-state index contributed by atoms with van der Waals surface area (Å²) in [5.41, 5.74) is 12.5. The molecule has 0 atom stereocenters. The number of hydrogen-bond acceptors (Lipinski definition) is 2. The summed E-state index contributed by atoms with van der Waals surface area (Å²) >= 11 is 11.9. The first kappa shape index (κ1) is 23.8. The molecule has 0 aromatic heterocycles. The van der Waals surface area contributed by atoms with Crippen molar-refractivity contribution in [3.8, 4) is 0 Å². The highest BCUT2D eigenvalue weighted by molar-refractivity contribution is 6.42. The Kier molecular flexibility index (Phi) is 12.5. The summed E-state index contributed by atoms with van der Waals surface area (Å²) in [6.07, 6.45) is 6.98. The molecule has 0 unspecified atom stereocenters. The summed E-state index contributed by atoms with van der Waals surface area (Å²) in [5.74, 6) is 0.168. The summed E-state index contributed by atoms with van der Waals surface area (Å²) < 4.78 is 0. The molecule has 5 N–H and O–H groups in total. The fourth-order valence-corrected chi connectivity index (χ4v) is 2.62. The number of nitrogens with one attached hydrogen (secondary N) is 1. The smallest absolute Gasteiger partial charge is 0.198 e. The maximum absolute atomic E-state index is 7.68. The Balaban J connectivity index is 0.00000576. The molecule has 0 saturated heterocycles. The van der Waals surface area contributed by atoms with Crippen molar-refractivity contribution in [3.63, 3.8) is 0 Å². The highest BCUT2D eigenvalue weighted by atomic mass is 35.5. The van der Waals surface area contributed by atoms with E-state index in [-0.39, 0.29) is 24.3 Å². The van der Waals surface area contributed by atoms with E-state index in [9.17, 15) is 0 Å². The highest BCUT2D eigenvalue weighted by Gasteiger charge is 2.10. The van der Waals surface area contributed by atoms with Gasteiger partial charge in [0.25, 0.3) is 0 Å². The van der Waals surface area contributed by atoms with E-state index < -0.39 is 0 Å². The molecule has 0 aliphatic carbocycles. The Bertz CT molecular complexity index is 563. The molecular formula is C17H28Cl3N5. The number of rotatable bonds is 9. The van der Waals surface area contributed by atoms with E-state index in [1.807, 2.05) is 6.07 Å². The van der Waals surface area contributed by atoms with Crippen molar-refractivity contribution >= 4 is 47.5 Å². The van der Waals surface area contributed by atoms with Crippen LogP contribution in [0.5, 0.6) is 0 Å².